The van der Waals surface area contributed by atoms with Crippen molar-refractivity contribution in [3.05, 3.63) is 47.8 Å². The lowest BCUT2D eigenvalue weighted by molar-refractivity contribution is 0.00794. The lowest BCUT2D eigenvalue weighted by atomic mass is 10.0. The van der Waals surface area contributed by atoms with Crippen molar-refractivity contribution in [2.45, 2.75) is 43.4 Å². The lowest BCUT2D eigenvalue weighted by Crippen LogP contribution is -2.34. The maximum atomic E-state index is 14.8. The summed E-state index contributed by atoms with van der Waals surface area (Å²) in [5.41, 5.74) is 3.28. The second kappa shape index (κ2) is 7.56. The van der Waals surface area contributed by atoms with Gasteiger partial charge in [-0.15, -0.1) is 0 Å². The van der Waals surface area contributed by atoms with Crippen LogP contribution in [0.5, 0.6) is 5.88 Å². The molecule has 0 radical (unpaired) electrons. The average molecular weight is 426 g/mol. The molecule has 3 fully saturated rings. The van der Waals surface area contributed by atoms with Gasteiger partial charge in [0.2, 0.25) is 0 Å². The number of halogens is 1. The second-order valence-electron chi connectivity index (χ2n) is 8.33. The van der Waals surface area contributed by atoms with Crippen LogP contribution in [0.4, 0.5) is 4.39 Å². The van der Waals surface area contributed by atoms with E-state index < -0.39 is 11.9 Å². The van der Waals surface area contributed by atoms with Gasteiger partial charge in [-0.05, 0) is 18.4 Å². The van der Waals surface area contributed by atoms with Crippen LogP contribution in [0.2, 0.25) is 0 Å². The monoisotopic (exact) mass is 426 g/mol. The standard InChI is InChI=1S/C23H23FN2O5/c24-14-8-15-16(9-20(25-15)31-19-11-30-22-17(27)10-29-23(19)22)26-21(14)13-5-3-12(4-6-13)18-2-1-7-28-18/h3-6,8-9,17-19,22-23,25,27H,1-2,7,10-11H2/t17-,18?,19-,22-,23-/m1/s1. The first kappa shape index (κ1) is 19.2. The van der Waals surface area contributed by atoms with E-state index in [1.807, 2.05) is 24.3 Å². The highest BCUT2D eigenvalue weighted by Crippen LogP contribution is 2.33. The van der Waals surface area contributed by atoms with E-state index in [2.05, 4.69) is 9.97 Å². The van der Waals surface area contributed by atoms with Crippen molar-refractivity contribution >= 4 is 11.0 Å². The summed E-state index contributed by atoms with van der Waals surface area (Å²) in [4.78, 5) is 7.59. The Bertz CT molecular complexity index is 1100. The summed E-state index contributed by atoms with van der Waals surface area (Å²) in [5, 5.41) is 9.87. The molecule has 3 aliphatic rings. The van der Waals surface area contributed by atoms with Gasteiger partial charge in [0.15, 0.2) is 17.8 Å². The number of hydrogen-bond donors (Lipinski definition) is 2. The van der Waals surface area contributed by atoms with Gasteiger partial charge in [-0.3, -0.25) is 0 Å². The van der Waals surface area contributed by atoms with E-state index in [0.717, 1.165) is 25.0 Å². The molecule has 0 amide bonds. The third kappa shape index (κ3) is 3.40. The Kier molecular flexibility index (Phi) is 4.68. The first-order valence-corrected chi connectivity index (χ1v) is 10.6. The molecular formula is C23H23FN2O5. The Balaban J connectivity index is 1.24. The van der Waals surface area contributed by atoms with Crippen molar-refractivity contribution in [1.29, 1.82) is 0 Å². The van der Waals surface area contributed by atoms with Crippen LogP contribution in [0.15, 0.2) is 36.4 Å². The number of rotatable bonds is 4. The molecular weight excluding hydrogens is 403 g/mol. The Morgan fingerprint density at radius 1 is 1.06 bits per heavy atom. The third-order valence-corrected chi connectivity index (χ3v) is 6.28. The number of aromatic nitrogens is 2. The molecule has 0 aliphatic carbocycles. The summed E-state index contributed by atoms with van der Waals surface area (Å²) >= 11 is 0. The van der Waals surface area contributed by atoms with Crippen molar-refractivity contribution < 1.29 is 28.4 Å². The van der Waals surface area contributed by atoms with E-state index in [1.165, 1.54) is 6.07 Å². The largest absolute Gasteiger partial charge is 0.470 e. The van der Waals surface area contributed by atoms with Crippen molar-refractivity contribution in [1.82, 2.24) is 9.97 Å². The van der Waals surface area contributed by atoms with Crippen LogP contribution in [-0.4, -0.2) is 59.3 Å². The molecule has 5 atom stereocenters. The third-order valence-electron chi connectivity index (χ3n) is 6.28. The highest BCUT2D eigenvalue weighted by atomic mass is 19.1. The van der Waals surface area contributed by atoms with Gasteiger partial charge in [-0.2, -0.15) is 0 Å². The van der Waals surface area contributed by atoms with E-state index in [0.29, 0.717) is 34.8 Å². The minimum Gasteiger partial charge on any atom is -0.470 e. The number of aliphatic hydroxyl groups is 1. The normalized spacial score (nSPS) is 30.2. The summed E-state index contributed by atoms with van der Waals surface area (Å²) in [6.07, 6.45) is 0.553. The van der Waals surface area contributed by atoms with Crippen LogP contribution in [0.3, 0.4) is 0 Å². The fourth-order valence-electron chi connectivity index (χ4n) is 4.68. The van der Waals surface area contributed by atoms with Crippen LogP contribution in [0, 0.1) is 5.82 Å². The Morgan fingerprint density at radius 3 is 2.71 bits per heavy atom. The molecule has 3 aromatic rings. The molecule has 0 bridgehead atoms. The van der Waals surface area contributed by atoms with Gasteiger partial charge in [0.25, 0.3) is 0 Å². The number of pyridine rings is 1. The highest BCUT2D eigenvalue weighted by molar-refractivity contribution is 5.80. The number of aliphatic hydroxyl groups excluding tert-OH is 1. The molecule has 0 saturated carbocycles. The second-order valence-corrected chi connectivity index (χ2v) is 8.33. The van der Waals surface area contributed by atoms with Gasteiger partial charge < -0.3 is 29.0 Å². The van der Waals surface area contributed by atoms with Gasteiger partial charge in [0.05, 0.1) is 30.4 Å². The van der Waals surface area contributed by atoms with Gasteiger partial charge >= 0.3 is 0 Å². The van der Waals surface area contributed by atoms with Gasteiger partial charge in [0.1, 0.15) is 24.0 Å². The topological polar surface area (TPSA) is 85.8 Å². The first-order valence-electron chi connectivity index (χ1n) is 10.6. The molecule has 0 spiro atoms. The van der Waals surface area contributed by atoms with E-state index >= 15 is 0 Å². The first-order chi connectivity index (χ1) is 15.2. The van der Waals surface area contributed by atoms with Crippen LogP contribution in [0.25, 0.3) is 22.3 Å². The van der Waals surface area contributed by atoms with Crippen molar-refractivity contribution in [3.63, 3.8) is 0 Å². The molecule has 8 heteroatoms. The van der Waals surface area contributed by atoms with E-state index in [9.17, 15) is 9.50 Å². The van der Waals surface area contributed by atoms with Gasteiger partial charge in [-0.25, -0.2) is 9.37 Å². The fraction of sp³-hybridized carbons (Fsp3) is 0.435. The minimum absolute atomic E-state index is 0.128. The van der Waals surface area contributed by atoms with E-state index in [-0.39, 0.29) is 31.0 Å². The van der Waals surface area contributed by atoms with Crippen LogP contribution in [-0.2, 0) is 14.2 Å². The molecule has 6 rings (SSSR count). The number of nitrogens with zero attached hydrogens (tertiary/aromatic N) is 1. The number of ether oxygens (including phenoxy) is 4. The maximum absolute atomic E-state index is 14.8. The van der Waals surface area contributed by atoms with Crippen molar-refractivity contribution in [2.75, 3.05) is 19.8 Å². The molecule has 3 saturated heterocycles. The summed E-state index contributed by atoms with van der Waals surface area (Å²) in [5.74, 6) is 0.0595. The summed E-state index contributed by atoms with van der Waals surface area (Å²) in [6, 6.07) is 10.9. The summed E-state index contributed by atoms with van der Waals surface area (Å²) in [6.45, 7) is 1.35. The van der Waals surface area contributed by atoms with Gasteiger partial charge in [-0.1, -0.05) is 24.3 Å². The van der Waals surface area contributed by atoms with Crippen LogP contribution >= 0.6 is 0 Å². The number of nitrogens with one attached hydrogen (secondary N) is 1. The zero-order valence-electron chi connectivity index (χ0n) is 16.8. The zero-order chi connectivity index (χ0) is 20.9. The highest BCUT2D eigenvalue weighted by Gasteiger charge is 2.48. The number of H-pyrrole nitrogens is 1. The quantitative estimate of drug-likeness (QED) is 0.667. The number of aromatic amines is 1. The Hall–Kier alpha value is -2.52. The van der Waals surface area contributed by atoms with E-state index in [1.54, 1.807) is 6.07 Å². The number of fused-ring (bicyclic) bond motifs is 2. The van der Waals surface area contributed by atoms with E-state index in [4.69, 9.17) is 18.9 Å². The summed E-state index contributed by atoms with van der Waals surface area (Å²) < 4.78 is 37.7. The average Bonchev–Trinajstić information content (AvgIpc) is 3.55. The maximum Gasteiger partial charge on any atom is 0.193 e. The summed E-state index contributed by atoms with van der Waals surface area (Å²) in [7, 11) is 0. The lowest BCUT2D eigenvalue weighted by Gasteiger charge is -2.16. The predicted octanol–water partition coefficient (Wildman–Crippen LogP) is 3.13. The van der Waals surface area contributed by atoms with Crippen molar-refractivity contribution in [3.8, 4) is 17.1 Å². The molecule has 2 aromatic heterocycles. The molecule has 7 nitrogen and oxygen atoms in total. The number of benzene rings is 1. The van der Waals surface area contributed by atoms with Crippen LogP contribution in [0.1, 0.15) is 24.5 Å². The molecule has 5 heterocycles. The Morgan fingerprint density at radius 2 is 1.90 bits per heavy atom. The minimum atomic E-state index is -0.633. The molecule has 162 valence electrons. The van der Waals surface area contributed by atoms with Crippen LogP contribution < -0.4 is 4.74 Å². The number of hydrogen-bond acceptors (Lipinski definition) is 6. The molecule has 2 N–H and O–H groups in total. The van der Waals surface area contributed by atoms with Crippen molar-refractivity contribution in [2.24, 2.45) is 0 Å². The fourth-order valence-corrected chi connectivity index (χ4v) is 4.68. The molecule has 1 aromatic carbocycles. The van der Waals surface area contributed by atoms with Gasteiger partial charge in [0, 0.05) is 24.3 Å². The molecule has 31 heavy (non-hydrogen) atoms. The predicted molar refractivity (Wildman–Crippen MR) is 109 cm³/mol. The molecule has 1 unspecified atom stereocenters. The molecule has 3 aliphatic heterocycles. The SMILES string of the molecule is O[C@@H]1CO[C@H]2[C@@H]1OC[C@H]2Oc1cc2nc(-c3ccc(C4CCCO4)cc3)c(F)cc2[nH]1. The Labute approximate surface area is 178 Å². The smallest absolute Gasteiger partial charge is 0.193 e. The zero-order valence-corrected chi connectivity index (χ0v) is 16.8.